The summed E-state index contributed by atoms with van der Waals surface area (Å²) in [7, 11) is -2.79. The second-order valence-corrected chi connectivity index (χ2v) is 9.26. The van der Waals surface area contributed by atoms with Crippen molar-refractivity contribution in [1.82, 2.24) is 0 Å². The third-order valence-corrected chi connectivity index (χ3v) is 3.35. The summed E-state index contributed by atoms with van der Waals surface area (Å²) in [6, 6.07) is 0. The van der Waals surface area contributed by atoms with Gasteiger partial charge < -0.3 is 13.3 Å². The Labute approximate surface area is 86.5 Å². The number of rotatable bonds is 7. The predicted molar refractivity (Wildman–Crippen MR) is 63.5 cm³/mol. The minimum absolute atomic E-state index is 0.400. The maximum atomic E-state index is 5.58. The van der Waals surface area contributed by atoms with Gasteiger partial charge in [-0.05, 0) is 26.2 Å². The standard InChI is InChI=1S/C7H20O3Si3/c1-6-11-8-7(9-12(2)3)10-13(4)5/h6-7,12-13H,1,11H2,2-5H3. The Balaban J connectivity index is 3.79. The maximum Gasteiger partial charge on any atom is 0.242 e. The van der Waals surface area contributed by atoms with Crippen LogP contribution in [0.3, 0.4) is 0 Å². The molecule has 0 aliphatic heterocycles. The lowest BCUT2D eigenvalue weighted by molar-refractivity contribution is -0.144. The van der Waals surface area contributed by atoms with Gasteiger partial charge in [0.1, 0.15) is 0 Å². The molecule has 0 saturated carbocycles. The van der Waals surface area contributed by atoms with Gasteiger partial charge in [0.05, 0.1) is 0 Å². The average Bonchev–Trinajstić information content (AvgIpc) is 1.98. The van der Waals surface area contributed by atoms with Crippen LogP contribution in [-0.2, 0) is 13.3 Å². The molecular formula is C7H20O3Si3. The monoisotopic (exact) mass is 236 g/mol. The molecule has 0 spiro atoms. The summed E-state index contributed by atoms with van der Waals surface area (Å²) < 4.78 is 16.6. The largest absolute Gasteiger partial charge is 0.376 e. The molecule has 0 rings (SSSR count). The van der Waals surface area contributed by atoms with Crippen molar-refractivity contribution in [2.75, 3.05) is 0 Å². The van der Waals surface area contributed by atoms with E-state index in [2.05, 4.69) is 32.8 Å². The van der Waals surface area contributed by atoms with E-state index < -0.39 is 34.3 Å². The number of hydrogen-bond acceptors (Lipinski definition) is 3. The molecule has 0 bridgehead atoms. The first-order valence-corrected chi connectivity index (χ1v) is 11.5. The zero-order valence-electron chi connectivity index (χ0n) is 8.95. The third kappa shape index (κ3) is 8.60. The van der Waals surface area contributed by atoms with Crippen molar-refractivity contribution in [3.8, 4) is 0 Å². The van der Waals surface area contributed by atoms with E-state index in [1.165, 1.54) is 0 Å². The molecule has 0 amide bonds. The molecule has 0 fully saturated rings. The van der Waals surface area contributed by atoms with E-state index in [4.69, 9.17) is 13.3 Å². The van der Waals surface area contributed by atoms with Gasteiger partial charge >= 0.3 is 0 Å². The summed E-state index contributed by atoms with van der Waals surface area (Å²) in [6.07, 6.45) is 0. The Bertz CT molecular complexity index is 131. The van der Waals surface area contributed by atoms with Crippen LogP contribution in [0.1, 0.15) is 0 Å². The van der Waals surface area contributed by atoms with Crippen LogP contribution >= 0.6 is 0 Å². The minimum atomic E-state index is -1.07. The third-order valence-electron chi connectivity index (χ3n) is 1.12. The molecule has 0 aromatic rings. The highest BCUT2D eigenvalue weighted by atomic mass is 28.3. The molecule has 0 aliphatic rings. The van der Waals surface area contributed by atoms with Crippen LogP contribution < -0.4 is 0 Å². The molecule has 0 heterocycles. The summed E-state index contributed by atoms with van der Waals surface area (Å²) in [5, 5.41) is 0. The van der Waals surface area contributed by atoms with Gasteiger partial charge in [-0.25, -0.2) is 0 Å². The average molecular weight is 236 g/mol. The first-order chi connectivity index (χ1) is 6.06. The predicted octanol–water partition coefficient (Wildman–Crippen LogP) is 0.514. The zero-order chi connectivity index (χ0) is 10.3. The van der Waals surface area contributed by atoms with E-state index >= 15 is 0 Å². The molecule has 13 heavy (non-hydrogen) atoms. The van der Waals surface area contributed by atoms with Gasteiger partial charge in [0.25, 0.3) is 0 Å². The highest BCUT2D eigenvalue weighted by Gasteiger charge is 2.13. The van der Waals surface area contributed by atoms with Crippen LogP contribution in [0.2, 0.25) is 26.2 Å². The molecule has 0 saturated heterocycles. The van der Waals surface area contributed by atoms with Crippen molar-refractivity contribution in [1.29, 1.82) is 0 Å². The summed E-state index contributed by atoms with van der Waals surface area (Å²) in [4.78, 5) is 0. The fourth-order valence-corrected chi connectivity index (χ4v) is 2.77. The van der Waals surface area contributed by atoms with E-state index in [-0.39, 0.29) is 0 Å². The van der Waals surface area contributed by atoms with Crippen molar-refractivity contribution in [2.45, 2.75) is 32.7 Å². The minimum Gasteiger partial charge on any atom is -0.376 e. The summed E-state index contributed by atoms with van der Waals surface area (Å²) in [5.41, 5.74) is 1.84. The van der Waals surface area contributed by atoms with E-state index in [0.29, 0.717) is 0 Å². The fraction of sp³-hybridized carbons (Fsp3) is 0.714. The van der Waals surface area contributed by atoms with Gasteiger partial charge in [0.15, 0.2) is 27.8 Å². The molecule has 3 nitrogen and oxygen atoms in total. The molecule has 0 unspecified atom stereocenters. The Hall–Kier alpha value is 0.271. The van der Waals surface area contributed by atoms with Crippen LogP contribution in [0.15, 0.2) is 12.3 Å². The highest BCUT2D eigenvalue weighted by molar-refractivity contribution is 6.49. The van der Waals surface area contributed by atoms with Crippen molar-refractivity contribution >= 4 is 27.8 Å². The first-order valence-electron chi connectivity index (χ1n) is 4.59. The Kier molecular flexibility index (Phi) is 7.81. The lowest BCUT2D eigenvalue weighted by Crippen LogP contribution is -2.31. The first kappa shape index (κ1) is 13.3. The molecule has 6 heteroatoms. The summed E-state index contributed by atoms with van der Waals surface area (Å²) in [6.45, 7) is 11.7. The van der Waals surface area contributed by atoms with Crippen LogP contribution in [0.5, 0.6) is 0 Å². The van der Waals surface area contributed by atoms with Crippen molar-refractivity contribution in [2.24, 2.45) is 0 Å². The van der Waals surface area contributed by atoms with E-state index in [9.17, 15) is 0 Å². The van der Waals surface area contributed by atoms with Gasteiger partial charge in [-0.15, -0.1) is 6.58 Å². The zero-order valence-corrected chi connectivity index (χ0v) is 12.7. The molecule has 0 aliphatic carbocycles. The van der Waals surface area contributed by atoms with Crippen molar-refractivity contribution in [3.05, 3.63) is 12.3 Å². The molecule has 0 atom stereocenters. The van der Waals surface area contributed by atoms with E-state index in [0.717, 1.165) is 0 Å². The van der Waals surface area contributed by atoms with Gasteiger partial charge in [0, 0.05) is 0 Å². The quantitative estimate of drug-likeness (QED) is 0.476. The molecule has 0 radical (unpaired) electrons. The summed E-state index contributed by atoms with van der Waals surface area (Å²) >= 11 is 0. The molecule has 0 aromatic carbocycles. The second kappa shape index (κ2) is 7.65. The normalized spacial score (nSPS) is 12.5. The molecule has 0 N–H and O–H groups in total. The van der Waals surface area contributed by atoms with Gasteiger partial charge in [0.2, 0.25) is 6.48 Å². The maximum absolute atomic E-state index is 5.58. The van der Waals surface area contributed by atoms with Crippen LogP contribution in [0, 0.1) is 0 Å². The van der Waals surface area contributed by atoms with Gasteiger partial charge in [-0.2, -0.15) is 0 Å². The molecule has 0 aromatic heterocycles. The Morgan fingerprint density at radius 1 is 1.15 bits per heavy atom. The second-order valence-electron chi connectivity index (χ2n) is 3.28. The Morgan fingerprint density at radius 2 is 1.62 bits per heavy atom. The SMILES string of the molecule is C=C[SiH2]OC(O[SiH](C)C)O[SiH](C)C. The van der Waals surface area contributed by atoms with Crippen molar-refractivity contribution in [3.63, 3.8) is 0 Å². The lowest BCUT2D eigenvalue weighted by atomic mass is 11.3. The van der Waals surface area contributed by atoms with Gasteiger partial charge in [-0.3, -0.25) is 0 Å². The van der Waals surface area contributed by atoms with Gasteiger partial charge in [-0.1, -0.05) is 5.70 Å². The van der Waals surface area contributed by atoms with E-state index in [1.807, 2.05) is 5.70 Å². The van der Waals surface area contributed by atoms with Crippen molar-refractivity contribution < 1.29 is 13.3 Å². The van der Waals surface area contributed by atoms with Crippen LogP contribution in [0.25, 0.3) is 0 Å². The van der Waals surface area contributed by atoms with Crippen LogP contribution in [0.4, 0.5) is 0 Å². The lowest BCUT2D eigenvalue weighted by Gasteiger charge is -2.22. The van der Waals surface area contributed by atoms with Crippen LogP contribution in [-0.4, -0.2) is 34.3 Å². The molecule has 78 valence electrons. The molecular weight excluding hydrogens is 216 g/mol. The fourth-order valence-electron chi connectivity index (χ4n) is 0.702. The topological polar surface area (TPSA) is 27.7 Å². The highest BCUT2D eigenvalue weighted by Crippen LogP contribution is 2.02. The van der Waals surface area contributed by atoms with E-state index in [1.54, 1.807) is 0 Å². The number of hydrogen-bond donors (Lipinski definition) is 0. The summed E-state index contributed by atoms with van der Waals surface area (Å²) in [5.74, 6) is 0. The Morgan fingerprint density at radius 3 is 1.92 bits per heavy atom. The smallest absolute Gasteiger partial charge is 0.242 e.